The predicted molar refractivity (Wildman–Crippen MR) is 80.2 cm³/mol. The fourth-order valence-electron chi connectivity index (χ4n) is 2.98. The number of amides is 1. The first kappa shape index (κ1) is 16.5. The van der Waals surface area contributed by atoms with Gasteiger partial charge >= 0.3 is 6.18 Å². The Morgan fingerprint density at radius 2 is 2.00 bits per heavy atom. The number of hydrogen-bond donors (Lipinski definition) is 1. The number of rotatable bonds is 3. The van der Waals surface area contributed by atoms with Crippen LogP contribution in [0.5, 0.6) is 0 Å². The summed E-state index contributed by atoms with van der Waals surface area (Å²) in [5, 5.41) is 0. The molecule has 0 unspecified atom stereocenters. The van der Waals surface area contributed by atoms with E-state index in [0.717, 1.165) is 31.2 Å². The highest BCUT2D eigenvalue weighted by molar-refractivity contribution is 5.94. The number of pyridine rings is 1. The van der Waals surface area contributed by atoms with Crippen LogP contribution in [0.15, 0.2) is 30.7 Å². The number of hydrogen-bond acceptors (Lipinski definition) is 3. The van der Waals surface area contributed by atoms with Gasteiger partial charge in [-0.15, -0.1) is 0 Å². The molecule has 1 amide bonds. The average molecular weight is 338 g/mol. The predicted octanol–water partition coefficient (Wildman–Crippen LogP) is 2.92. The first-order valence-corrected chi connectivity index (χ1v) is 7.75. The molecule has 1 fully saturated rings. The van der Waals surface area contributed by atoms with Crippen LogP contribution in [-0.4, -0.2) is 38.8 Å². The molecule has 0 aliphatic carbocycles. The molecule has 5 nitrogen and oxygen atoms in total. The van der Waals surface area contributed by atoms with E-state index < -0.39 is 23.3 Å². The number of aromatic amines is 1. The van der Waals surface area contributed by atoms with Crippen molar-refractivity contribution < 1.29 is 18.0 Å². The Labute approximate surface area is 136 Å². The molecule has 0 spiro atoms. The summed E-state index contributed by atoms with van der Waals surface area (Å²) in [6, 6.07) is 2.08. The molecule has 1 saturated heterocycles. The molecule has 0 bridgehead atoms. The quantitative estimate of drug-likeness (QED) is 0.936. The molecule has 0 saturated carbocycles. The van der Waals surface area contributed by atoms with Crippen molar-refractivity contribution in [3.05, 3.63) is 47.8 Å². The van der Waals surface area contributed by atoms with Gasteiger partial charge in [-0.1, -0.05) is 0 Å². The number of nitrogens with zero attached hydrogens (tertiary/aromatic N) is 3. The lowest BCUT2D eigenvalue weighted by atomic mass is 9.93. The zero-order chi connectivity index (χ0) is 17.2. The summed E-state index contributed by atoms with van der Waals surface area (Å²) in [7, 11) is 0. The first-order chi connectivity index (χ1) is 11.4. The number of halogens is 3. The number of imidazole rings is 1. The van der Waals surface area contributed by atoms with Crippen molar-refractivity contribution >= 4 is 5.91 Å². The number of carbonyl (C=O) groups excluding carboxylic acids is 1. The second-order valence-corrected chi connectivity index (χ2v) is 5.87. The van der Waals surface area contributed by atoms with E-state index in [1.54, 1.807) is 12.4 Å². The minimum atomic E-state index is -4.59. The average Bonchev–Trinajstić information content (AvgIpc) is 3.07. The monoisotopic (exact) mass is 338 g/mol. The Balaban J connectivity index is 1.66. The van der Waals surface area contributed by atoms with E-state index in [4.69, 9.17) is 0 Å². The van der Waals surface area contributed by atoms with Crippen molar-refractivity contribution in [1.82, 2.24) is 19.9 Å². The van der Waals surface area contributed by atoms with Crippen LogP contribution in [-0.2, 0) is 12.6 Å². The van der Waals surface area contributed by atoms with Crippen LogP contribution in [0.2, 0.25) is 0 Å². The smallest absolute Gasteiger partial charge is 0.349 e. The number of nitrogens with one attached hydrogen (secondary N) is 1. The van der Waals surface area contributed by atoms with Gasteiger partial charge in [-0.05, 0) is 30.9 Å². The van der Waals surface area contributed by atoms with Gasteiger partial charge in [-0.25, -0.2) is 4.98 Å². The third-order valence-corrected chi connectivity index (χ3v) is 4.25. The molecule has 1 aliphatic heterocycles. The van der Waals surface area contributed by atoms with Gasteiger partial charge in [0.15, 0.2) is 0 Å². The fraction of sp³-hybridized carbons (Fsp3) is 0.438. The van der Waals surface area contributed by atoms with Gasteiger partial charge in [0.2, 0.25) is 0 Å². The van der Waals surface area contributed by atoms with Crippen molar-refractivity contribution in [2.24, 2.45) is 5.92 Å². The molecule has 128 valence electrons. The third kappa shape index (κ3) is 3.58. The molecular formula is C16H17F3N4O. The van der Waals surface area contributed by atoms with E-state index in [9.17, 15) is 18.0 Å². The maximum Gasteiger partial charge on any atom is 0.418 e. The van der Waals surface area contributed by atoms with Crippen LogP contribution < -0.4 is 0 Å². The normalized spacial score (nSPS) is 16.4. The molecule has 3 rings (SSSR count). The molecule has 0 aromatic carbocycles. The summed E-state index contributed by atoms with van der Waals surface area (Å²) in [6.07, 6.45) is 2.33. The van der Waals surface area contributed by atoms with Crippen molar-refractivity contribution in [3.63, 3.8) is 0 Å². The van der Waals surface area contributed by atoms with Crippen molar-refractivity contribution in [2.45, 2.75) is 25.4 Å². The van der Waals surface area contributed by atoms with Crippen LogP contribution in [0.1, 0.15) is 34.7 Å². The van der Waals surface area contributed by atoms with Crippen molar-refractivity contribution in [1.29, 1.82) is 0 Å². The lowest BCUT2D eigenvalue weighted by molar-refractivity contribution is -0.138. The van der Waals surface area contributed by atoms with Gasteiger partial charge in [0, 0.05) is 38.1 Å². The van der Waals surface area contributed by atoms with Gasteiger partial charge < -0.3 is 9.88 Å². The Bertz CT molecular complexity index is 692. The Morgan fingerprint density at radius 1 is 1.25 bits per heavy atom. The highest BCUT2D eigenvalue weighted by atomic mass is 19.4. The van der Waals surface area contributed by atoms with Crippen LogP contribution in [0, 0.1) is 5.92 Å². The van der Waals surface area contributed by atoms with Gasteiger partial charge in [0.25, 0.3) is 5.91 Å². The Kier molecular flexibility index (Phi) is 4.55. The topological polar surface area (TPSA) is 61.9 Å². The SMILES string of the molecule is O=C(c1ncccc1C(F)(F)F)N1CCC(Cc2ncc[nH]2)CC1. The number of carbonyl (C=O) groups is 1. The lowest BCUT2D eigenvalue weighted by Crippen LogP contribution is -2.40. The van der Waals surface area contributed by atoms with E-state index in [1.165, 1.54) is 17.2 Å². The summed E-state index contributed by atoms with van der Waals surface area (Å²) < 4.78 is 39.1. The van der Waals surface area contributed by atoms with E-state index in [1.807, 2.05) is 0 Å². The van der Waals surface area contributed by atoms with Crippen LogP contribution >= 0.6 is 0 Å². The molecule has 3 heterocycles. The van der Waals surface area contributed by atoms with Crippen LogP contribution in [0.25, 0.3) is 0 Å². The number of alkyl halides is 3. The van der Waals surface area contributed by atoms with Crippen molar-refractivity contribution in [3.8, 4) is 0 Å². The van der Waals surface area contributed by atoms with E-state index >= 15 is 0 Å². The molecule has 0 radical (unpaired) electrons. The summed E-state index contributed by atoms with van der Waals surface area (Å²) in [5.74, 6) is 0.606. The third-order valence-electron chi connectivity index (χ3n) is 4.25. The summed E-state index contributed by atoms with van der Waals surface area (Å²) >= 11 is 0. The molecule has 1 N–H and O–H groups in total. The maximum atomic E-state index is 13.0. The number of piperidine rings is 1. The summed E-state index contributed by atoms with van der Waals surface area (Å²) in [6.45, 7) is 0.857. The van der Waals surface area contributed by atoms with E-state index in [2.05, 4.69) is 15.0 Å². The van der Waals surface area contributed by atoms with Gasteiger partial charge in [-0.3, -0.25) is 9.78 Å². The molecule has 2 aromatic heterocycles. The fourth-order valence-corrected chi connectivity index (χ4v) is 2.98. The number of H-pyrrole nitrogens is 1. The van der Waals surface area contributed by atoms with Gasteiger partial charge in [-0.2, -0.15) is 13.2 Å². The molecule has 8 heteroatoms. The van der Waals surface area contributed by atoms with Gasteiger partial charge in [0.1, 0.15) is 11.5 Å². The molecule has 0 atom stereocenters. The Hall–Kier alpha value is -2.38. The zero-order valence-corrected chi connectivity index (χ0v) is 12.9. The standard InChI is InChI=1S/C16H17F3N4O/c17-16(18,19)12-2-1-5-22-14(12)15(24)23-8-3-11(4-9-23)10-13-20-6-7-21-13/h1-2,5-7,11H,3-4,8-10H2,(H,20,21). The first-order valence-electron chi connectivity index (χ1n) is 7.75. The van der Waals surface area contributed by atoms with Gasteiger partial charge in [0.05, 0.1) is 5.56 Å². The largest absolute Gasteiger partial charge is 0.418 e. The second-order valence-electron chi connectivity index (χ2n) is 5.87. The minimum Gasteiger partial charge on any atom is -0.349 e. The maximum absolute atomic E-state index is 13.0. The molecular weight excluding hydrogens is 321 g/mol. The molecule has 1 aliphatic rings. The number of aromatic nitrogens is 3. The summed E-state index contributed by atoms with van der Waals surface area (Å²) in [5.41, 5.74) is -1.50. The highest BCUT2D eigenvalue weighted by Gasteiger charge is 2.37. The molecule has 24 heavy (non-hydrogen) atoms. The summed E-state index contributed by atoms with van der Waals surface area (Å²) in [4.78, 5) is 24.8. The van der Waals surface area contributed by atoms with Crippen molar-refractivity contribution in [2.75, 3.05) is 13.1 Å². The van der Waals surface area contributed by atoms with Crippen LogP contribution in [0.3, 0.4) is 0 Å². The Morgan fingerprint density at radius 3 is 2.62 bits per heavy atom. The second kappa shape index (κ2) is 6.62. The highest BCUT2D eigenvalue weighted by Crippen LogP contribution is 2.32. The van der Waals surface area contributed by atoms with E-state index in [0.29, 0.717) is 19.0 Å². The van der Waals surface area contributed by atoms with E-state index in [-0.39, 0.29) is 0 Å². The van der Waals surface area contributed by atoms with Crippen LogP contribution in [0.4, 0.5) is 13.2 Å². The zero-order valence-electron chi connectivity index (χ0n) is 12.9. The number of likely N-dealkylation sites (tertiary alicyclic amines) is 1. The lowest BCUT2D eigenvalue weighted by Gasteiger charge is -2.32. The minimum absolute atomic E-state index is 0.367. The molecule has 2 aromatic rings.